The predicted molar refractivity (Wildman–Crippen MR) is 151 cm³/mol. The number of hydrogen-bond acceptors (Lipinski definition) is 6. The molecule has 3 unspecified atom stereocenters. The topological polar surface area (TPSA) is 108 Å². The van der Waals surface area contributed by atoms with Crippen LogP contribution in [-0.2, 0) is 14.4 Å². The van der Waals surface area contributed by atoms with Crippen molar-refractivity contribution in [3.63, 3.8) is 0 Å². The van der Waals surface area contributed by atoms with E-state index < -0.39 is 23.1 Å². The summed E-state index contributed by atoms with van der Waals surface area (Å²) in [7, 11) is 0. The van der Waals surface area contributed by atoms with Crippen LogP contribution in [0.2, 0.25) is 0 Å². The van der Waals surface area contributed by atoms with E-state index in [4.69, 9.17) is 0 Å². The minimum absolute atomic E-state index is 0.178. The van der Waals surface area contributed by atoms with Crippen molar-refractivity contribution in [2.75, 3.05) is 10.6 Å². The zero-order valence-corrected chi connectivity index (χ0v) is 21.9. The molecule has 192 valence electrons. The van der Waals surface area contributed by atoms with Crippen LogP contribution in [-0.4, -0.2) is 27.9 Å². The smallest absolute Gasteiger partial charge is 0.307 e. The first-order valence-electron chi connectivity index (χ1n) is 12.1. The first-order chi connectivity index (χ1) is 18.5. The number of aromatic nitrogens is 1. The fourth-order valence-corrected chi connectivity index (χ4v) is 6.26. The minimum Gasteiger partial charge on any atom is -0.481 e. The summed E-state index contributed by atoms with van der Waals surface area (Å²) in [6, 6.07) is 24.5. The maximum atomic E-state index is 13.4. The van der Waals surface area contributed by atoms with Crippen molar-refractivity contribution in [2.24, 2.45) is 11.8 Å². The van der Waals surface area contributed by atoms with Gasteiger partial charge in [-0.05, 0) is 54.8 Å². The molecule has 1 heterocycles. The number of carboxylic acids is 1. The maximum Gasteiger partial charge on any atom is 0.307 e. The molecule has 0 saturated carbocycles. The Morgan fingerprint density at radius 3 is 2.26 bits per heavy atom. The number of rotatable bonds is 8. The van der Waals surface area contributed by atoms with Gasteiger partial charge in [0.2, 0.25) is 11.8 Å². The van der Waals surface area contributed by atoms with Crippen LogP contribution < -0.4 is 10.6 Å². The van der Waals surface area contributed by atoms with Gasteiger partial charge in [0.05, 0.1) is 22.1 Å². The second-order valence-corrected chi connectivity index (χ2v) is 11.1. The lowest BCUT2D eigenvalue weighted by atomic mass is 9.82. The van der Waals surface area contributed by atoms with Gasteiger partial charge < -0.3 is 15.7 Å². The van der Waals surface area contributed by atoms with Gasteiger partial charge in [-0.2, -0.15) is 0 Å². The molecule has 3 N–H and O–H groups in total. The molecule has 38 heavy (non-hydrogen) atoms. The Hall–Kier alpha value is -3.95. The standard InChI is InChI=1S/C29H25N3O4S2/c33-26(21-10-4-5-11-22(21)28(35)36)30-19-14-16-20(17-15-19)37-25(18-8-2-1-3-9-18)27(34)32-29-31-23-12-6-7-13-24(23)38-29/h1-9,12-17,21-22,25H,10-11H2,(H,30,33)(H,35,36)(H,31,32,34). The summed E-state index contributed by atoms with van der Waals surface area (Å²) in [5.41, 5.74) is 2.28. The summed E-state index contributed by atoms with van der Waals surface area (Å²) in [6.45, 7) is 0. The average molecular weight is 544 g/mol. The van der Waals surface area contributed by atoms with Crippen LogP contribution >= 0.6 is 23.1 Å². The number of allylic oxidation sites excluding steroid dienone is 2. The summed E-state index contributed by atoms with van der Waals surface area (Å²) >= 11 is 2.83. The van der Waals surface area contributed by atoms with Crippen molar-refractivity contribution in [3.05, 3.63) is 96.6 Å². The van der Waals surface area contributed by atoms with Gasteiger partial charge >= 0.3 is 5.97 Å². The minimum atomic E-state index is -0.961. The van der Waals surface area contributed by atoms with Crippen LogP contribution in [0.25, 0.3) is 10.2 Å². The maximum absolute atomic E-state index is 13.4. The van der Waals surface area contributed by atoms with E-state index in [2.05, 4.69) is 15.6 Å². The number of anilines is 2. The van der Waals surface area contributed by atoms with E-state index in [1.807, 2.05) is 78.9 Å². The molecule has 5 rings (SSSR count). The largest absolute Gasteiger partial charge is 0.481 e. The molecular weight excluding hydrogens is 518 g/mol. The third kappa shape index (κ3) is 5.95. The highest BCUT2D eigenvalue weighted by Crippen LogP contribution is 2.37. The van der Waals surface area contributed by atoms with Gasteiger partial charge in [0, 0.05) is 10.6 Å². The SMILES string of the molecule is O=C(Nc1nc2ccccc2s1)C(Sc1ccc(NC(=O)C2CC=CCC2C(=O)O)cc1)c1ccccc1. The van der Waals surface area contributed by atoms with E-state index in [1.165, 1.54) is 23.1 Å². The number of nitrogens with one attached hydrogen (secondary N) is 2. The summed E-state index contributed by atoms with van der Waals surface area (Å²) in [5.74, 6) is -2.78. The van der Waals surface area contributed by atoms with E-state index in [0.29, 0.717) is 23.7 Å². The Kier molecular flexibility index (Phi) is 7.86. The van der Waals surface area contributed by atoms with E-state index in [9.17, 15) is 19.5 Å². The highest BCUT2D eigenvalue weighted by atomic mass is 32.2. The van der Waals surface area contributed by atoms with E-state index in [-0.39, 0.29) is 11.8 Å². The normalized spacial score (nSPS) is 17.6. The second kappa shape index (κ2) is 11.6. The summed E-state index contributed by atoms with van der Waals surface area (Å²) in [6.07, 6.45) is 4.42. The van der Waals surface area contributed by atoms with Gasteiger partial charge in [-0.3, -0.25) is 14.4 Å². The number of fused-ring (bicyclic) bond motifs is 1. The number of carbonyl (C=O) groups excluding carboxylic acids is 2. The van der Waals surface area contributed by atoms with Gasteiger partial charge in [0.25, 0.3) is 0 Å². The first-order valence-corrected chi connectivity index (χ1v) is 13.8. The summed E-state index contributed by atoms with van der Waals surface area (Å²) in [5, 5.41) is 15.3. The molecule has 1 aliphatic carbocycles. The number of nitrogens with zero attached hydrogens (tertiary/aromatic N) is 1. The van der Waals surface area contributed by atoms with Crippen LogP contribution in [0.1, 0.15) is 23.7 Å². The molecular formula is C29H25N3O4S2. The first kappa shape index (κ1) is 25.7. The van der Waals surface area contributed by atoms with Gasteiger partial charge in [-0.1, -0.05) is 66.0 Å². The molecule has 4 aromatic rings. The number of aliphatic carboxylic acids is 1. The molecule has 0 bridgehead atoms. The highest BCUT2D eigenvalue weighted by Gasteiger charge is 2.34. The van der Waals surface area contributed by atoms with Gasteiger partial charge in [-0.15, -0.1) is 11.8 Å². The van der Waals surface area contributed by atoms with Crippen LogP contribution in [0, 0.1) is 11.8 Å². The van der Waals surface area contributed by atoms with Crippen LogP contribution in [0.3, 0.4) is 0 Å². The fourth-order valence-electron chi connectivity index (χ4n) is 4.36. The van der Waals surface area contributed by atoms with Gasteiger partial charge in [0.15, 0.2) is 5.13 Å². The molecule has 0 radical (unpaired) electrons. The molecule has 7 nitrogen and oxygen atoms in total. The van der Waals surface area contributed by atoms with E-state index in [1.54, 1.807) is 12.1 Å². The number of thiazole rings is 1. The lowest BCUT2D eigenvalue weighted by molar-refractivity contribution is -0.146. The number of carboxylic acid groups (broad SMARTS) is 1. The number of hydrogen-bond donors (Lipinski definition) is 3. The molecule has 3 atom stereocenters. The number of amides is 2. The quantitative estimate of drug-likeness (QED) is 0.176. The zero-order valence-electron chi connectivity index (χ0n) is 20.2. The summed E-state index contributed by atoms with van der Waals surface area (Å²) in [4.78, 5) is 43.1. The third-order valence-electron chi connectivity index (χ3n) is 6.33. The number of para-hydroxylation sites is 1. The van der Waals surface area contributed by atoms with Crippen molar-refractivity contribution >= 4 is 61.9 Å². The molecule has 0 spiro atoms. The van der Waals surface area contributed by atoms with Crippen LogP contribution in [0.15, 0.2) is 95.9 Å². The van der Waals surface area contributed by atoms with Crippen molar-refractivity contribution in [2.45, 2.75) is 23.0 Å². The van der Waals surface area contributed by atoms with Crippen LogP contribution in [0.4, 0.5) is 10.8 Å². The Morgan fingerprint density at radius 2 is 1.55 bits per heavy atom. The number of benzene rings is 3. The molecule has 3 aromatic carbocycles. The highest BCUT2D eigenvalue weighted by molar-refractivity contribution is 8.00. The lowest BCUT2D eigenvalue weighted by Gasteiger charge is -2.24. The Labute approximate surface area is 228 Å². The monoisotopic (exact) mass is 543 g/mol. The zero-order chi connectivity index (χ0) is 26.5. The van der Waals surface area contributed by atoms with E-state index in [0.717, 1.165) is 20.7 Å². The molecule has 1 aliphatic rings. The number of carbonyl (C=O) groups is 3. The van der Waals surface area contributed by atoms with E-state index >= 15 is 0 Å². The third-order valence-corrected chi connectivity index (χ3v) is 8.54. The van der Waals surface area contributed by atoms with Gasteiger partial charge in [0.1, 0.15) is 5.25 Å². The molecule has 0 fully saturated rings. The fraction of sp³-hybridized carbons (Fsp3) is 0.172. The van der Waals surface area contributed by atoms with Crippen molar-refractivity contribution in [1.82, 2.24) is 4.98 Å². The average Bonchev–Trinajstić information content (AvgIpc) is 3.35. The second-order valence-electron chi connectivity index (χ2n) is 8.89. The summed E-state index contributed by atoms with van der Waals surface area (Å²) < 4.78 is 1.00. The lowest BCUT2D eigenvalue weighted by Crippen LogP contribution is -2.34. The van der Waals surface area contributed by atoms with Crippen molar-refractivity contribution < 1.29 is 19.5 Å². The Bertz CT molecular complexity index is 1450. The molecule has 2 amide bonds. The molecule has 0 saturated heterocycles. The Morgan fingerprint density at radius 1 is 0.868 bits per heavy atom. The van der Waals surface area contributed by atoms with Crippen molar-refractivity contribution in [1.29, 1.82) is 0 Å². The van der Waals surface area contributed by atoms with Crippen molar-refractivity contribution in [3.8, 4) is 0 Å². The molecule has 9 heteroatoms. The molecule has 0 aliphatic heterocycles. The predicted octanol–water partition coefficient (Wildman–Crippen LogP) is 6.37. The molecule has 1 aromatic heterocycles. The Balaban J connectivity index is 1.29. The number of thioether (sulfide) groups is 1. The van der Waals surface area contributed by atoms with Crippen LogP contribution in [0.5, 0.6) is 0 Å². The van der Waals surface area contributed by atoms with Gasteiger partial charge in [-0.25, -0.2) is 4.98 Å².